The molecule has 0 spiro atoms. The van der Waals surface area contributed by atoms with Crippen molar-refractivity contribution in [1.82, 2.24) is 24.8 Å². The van der Waals surface area contributed by atoms with Gasteiger partial charge in [-0.2, -0.15) is 0 Å². The number of Topliss-reactive ketones (excluding diaryl/α,β-unsaturated/α-hetero) is 1. The number of aromatic amines is 2. The molecule has 0 aliphatic carbocycles. The minimum absolute atomic E-state index is 0.00167. The van der Waals surface area contributed by atoms with Crippen molar-refractivity contribution in [3.8, 4) is 28.5 Å². The highest BCUT2D eigenvalue weighted by Gasteiger charge is 2.29. The molecule has 0 saturated carbocycles. The van der Waals surface area contributed by atoms with Crippen molar-refractivity contribution in [2.75, 3.05) is 44.7 Å². The van der Waals surface area contributed by atoms with E-state index in [0.717, 1.165) is 87.9 Å². The van der Waals surface area contributed by atoms with Crippen LogP contribution in [0, 0.1) is 0 Å². The monoisotopic (exact) mass is 592 g/mol. The summed E-state index contributed by atoms with van der Waals surface area (Å²) in [6.07, 6.45) is 0. The number of aromatic nitrogens is 4. The van der Waals surface area contributed by atoms with Gasteiger partial charge in [-0.3, -0.25) is 4.79 Å². The Morgan fingerprint density at radius 2 is 1.32 bits per heavy atom. The molecule has 0 unspecified atom stereocenters. The maximum atomic E-state index is 11.8. The first-order valence-electron chi connectivity index (χ1n) is 15.5. The average molecular weight is 593 g/mol. The van der Waals surface area contributed by atoms with Crippen LogP contribution in [0.4, 0.5) is 5.69 Å². The summed E-state index contributed by atoms with van der Waals surface area (Å²) in [6, 6.07) is 17.0. The Bertz CT molecular complexity index is 1810. The average Bonchev–Trinajstić information content (AvgIpc) is 3.58. The van der Waals surface area contributed by atoms with Crippen LogP contribution in [0.5, 0.6) is 5.75 Å². The van der Waals surface area contributed by atoms with E-state index < -0.39 is 0 Å². The number of nitrogens with zero attached hydrogens (tertiary/aromatic N) is 4. The third-order valence-electron chi connectivity index (χ3n) is 8.49. The van der Waals surface area contributed by atoms with E-state index in [1.807, 2.05) is 6.07 Å². The molecule has 6 rings (SSSR count). The van der Waals surface area contributed by atoms with Gasteiger partial charge in [-0.25, -0.2) is 9.97 Å². The Balaban J connectivity index is 1.36. The number of piperazine rings is 1. The van der Waals surface area contributed by atoms with Crippen molar-refractivity contribution < 1.29 is 9.53 Å². The second-order valence-electron chi connectivity index (χ2n) is 14.3. The van der Waals surface area contributed by atoms with Crippen LogP contribution in [-0.2, 0) is 15.6 Å². The number of nitrogens with one attached hydrogen (secondary N) is 2. The van der Waals surface area contributed by atoms with Gasteiger partial charge in [0.2, 0.25) is 0 Å². The smallest absolute Gasteiger partial charge is 0.167 e. The molecule has 44 heavy (non-hydrogen) atoms. The number of hydrogen-bond donors (Lipinski definition) is 2. The lowest BCUT2D eigenvalue weighted by Gasteiger charge is -2.34. The highest BCUT2D eigenvalue weighted by atomic mass is 16.5. The first kappa shape index (κ1) is 29.9. The third-order valence-corrected chi connectivity index (χ3v) is 8.49. The fourth-order valence-electron chi connectivity index (χ4n) is 5.90. The summed E-state index contributed by atoms with van der Waals surface area (Å²) in [5.74, 6) is 2.43. The molecule has 0 amide bonds. The van der Waals surface area contributed by atoms with Gasteiger partial charge in [0, 0.05) is 54.1 Å². The number of ketones is 1. The second kappa shape index (κ2) is 11.1. The predicted molar refractivity (Wildman–Crippen MR) is 180 cm³/mol. The van der Waals surface area contributed by atoms with Gasteiger partial charge in [-0.05, 0) is 73.3 Å². The van der Waals surface area contributed by atoms with Gasteiger partial charge in [0.1, 0.15) is 24.0 Å². The molecule has 1 saturated heterocycles. The number of fused-ring (bicyclic) bond motifs is 2. The van der Waals surface area contributed by atoms with Gasteiger partial charge >= 0.3 is 0 Å². The zero-order valence-electron chi connectivity index (χ0n) is 27.3. The van der Waals surface area contributed by atoms with Crippen LogP contribution in [0.25, 0.3) is 44.8 Å². The summed E-state index contributed by atoms with van der Waals surface area (Å²) < 4.78 is 6.17. The quantitative estimate of drug-likeness (QED) is 0.219. The van der Waals surface area contributed by atoms with Crippen molar-refractivity contribution in [3.63, 3.8) is 0 Å². The van der Waals surface area contributed by atoms with Crippen LogP contribution in [0.2, 0.25) is 0 Å². The second-order valence-corrected chi connectivity index (χ2v) is 14.3. The molecule has 1 fully saturated rings. The molecule has 3 aromatic carbocycles. The molecule has 2 N–H and O–H groups in total. The molecule has 5 aromatic rings. The minimum Gasteiger partial charge on any atom is -0.485 e. The normalized spacial score (nSPS) is 15.0. The summed E-state index contributed by atoms with van der Waals surface area (Å²) in [4.78, 5) is 33.7. The van der Waals surface area contributed by atoms with Crippen molar-refractivity contribution in [2.45, 2.75) is 59.3 Å². The van der Waals surface area contributed by atoms with Crippen LogP contribution in [0.3, 0.4) is 0 Å². The topological polar surface area (TPSA) is 90.1 Å². The molecule has 3 heterocycles. The number of rotatable bonds is 6. The number of anilines is 1. The number of carbonyl (C=O) groups excluding carboxylic acids is 1. The Kier molecular flexibility index (Phi) is 7.52. The van der Waals surface area contributed by atoms with Crippen molar-refractivity contribution >= 4 is 33.5 Å². The molecule has 1 aliphatic heterocycles. The Morgan fingerprint density at radius 3 is 1.89 bits per heavy atom. The molecule has 0 atom stereocenters. The Labute approximate surface area is 259 Å². The van der Waals surface area contributed by atoms with Crippen molar-refractivity contribution in [3.05, 3.63) is 59.7 Å². The van der Waals surface area contributed by atoms with E-state index in [2.05, 4.69) is 111 Å². The fourth-order valence-corrected chi connectivity index (χ4v) is 5.90. The summed E-state index contributed by atoms with van der Waals surface area (Å²) in [7, 11) is 2.18. The zero-order chi connectivity index (χ0) is 31.4. The molecule has 2 aromatic heterocycles. The Morgan fingerprint density at radius 1 is 0.773 bits per heavy atom. The van der Waals surface area contributed by atoms with Gasteiger partial charge in [0.05, 0.1) is 22.1 Å². The molecule has 0 radical (unpaired) electrons. The number of H-pyrrole nitrogens is 2. The van der Waals surface area contributed by atoms with Crippen molar-refractivity contribution in [2.24, 2.45) is 0 Å². The van der Waals surface area contributed by atoms with Gasteiger partial charge in [-0.1, -0.05) is 41.5 Å². The van der Waals surface area contributed by atoms with Crippen molar-refractivity contribution in [1.29, 1.82) is 0 Å². The lowest BCUT2D eigenvalue weighted by molar-refractivity contribution is -0.118. The summed E-state index contributed by atoms with van der Waals surface area (Å²) >= 11 is 0. The van der Waals surface area contributed by atoms with Gasteiger partial charge < -0.3 is 24.5 Å². The van der Waals surface area contributed by atoms with E-state index in [4.69, 9.17) is 14.7 Å². The van der Waals surface area contributed by atoms with Crippen LogP contribution in [0.15, 0.2) is 48.5 Å². The van der Waals surface area contributed by atoms with E-state index in [-0.39, 0.29) is 23.2 Å². The molecule has 0 bridgehead atoms. The summed E-state index contributed by atoms with van der Waals surface area (Å²) in [5, 5.41) is 0. The maximum absolute atomic E-state index is 11.8. The highest BCUT2D eigenvalue weighted by Crippen LogP contribution is 2.43. The fraction of sp³-hybridized carbons (Fsp3) is 0.417. The highest BCUT2D eigenvalue weighted by molar-refractivity contribution is 5.87. The molecule has 8 heteroatoms. The number of likely N-dealkylation sites (N-methyl/N-ethyl adjacent to an activating group) is 1. The standard InChI is InChI=1S/C36H44N6O2/c1-22(43)21-44-32-26(35(2,3)4)17-24(18-27(32)36(5,6)7)34-38-28-11-9-23(19-30(28)39-34)33-37-29-12-10-25(20-31(29)40-33)42-15-13-41(8)14-16-42/h9-12,17-20H,13-16,21H2,1-8H3,(H,37,40)(H,38,39). The number of benzene rings is 3. The third kappa shape index (κ3) is 5.95. The van der Waals surface area contributed by atoms with Crippen LogP contribution in [-0.4, -0.2) is 70.5 Å². The number of ether oxygens (including phenoxy) is 1. The largest absolute Gasteiger partial charge is 0.485 e. The van der Waals surface area contributed by atoms with E-state index in [1.54, 1.807) is 6.92 Å². The summed E-state index contributed by atoms with van der Waals surface area (Å²) in [6.45, 7) is 18.9. The van der Waals surface area contributed by atoms with Gasteiger partial charge in [-0.15, -0.1) is 0 Å². The SMILES string of the molecule is CC(=O)COc1c(C(C)(C)C)cc(-c2nc3ccc(-c4nc5ccc(N6CCN(C)CC6)cc5[nH]4)cc3[nH]2)cc1C(C)(C)C. The van der Waals surface area contributed by atoms with E-state index >= 15 is 0 Å². The van der Waals surface area contributed by atoms with E-state index in [0.29, 0.717) is 0 Å². The van der Waals surface area contributed by atoms with Gasteiger partial charge in [0.15, 0.2) is 5.78 Å². The first-order chi connectivity index (χ1) is 20.8. The molecule has 8 nitrogen and oxygen atoms in total. The predicted octanol–water partition coefficient (Wildman–Crippen LogP) is 7.09. The maximum Gasteiger partial charge on any atom is 0.167 e. The van der Waals surface area contributed by atoms with Gasteiger partial charge in [0.25, 0.3) is 0 Å². The molecule has 1 aliphatic rings. The molecular formula is C36H44N6O2. The van der Waals surface area contributed by atoms with Crippen LogP contribution >= 0.6 is 0 Å². The lowest BCUT2D eigenvalue weighted by Crippen LogP contribution is -2.44. The molecular weight excluding hydrogens is 548 g/mol. The minimum atomic E-state index is -0.202. The number of carbonyl (C=O) groups is 1. The Hall–Kier alpha value is -4.17. The number of imidazole rings is 2. The van der Waals surface area contributed by atoms with Crippen LogP contribution < -0.4 is 9.64 Å². The number of hydrogen-bond acceptors (Lipinski definition) is 6. The first-order valence-corrected chi connectivity index (χ1v) is 15.5. The van der Waals surface area contributed by atoms with E-state index in [9.17, 15) is 4.79 Å². The van der Waals surface area contributed by atoms with Crippen LogP contribution in [0.1, 0.15) is 59.6 Å². The summed E-state index contributed by atoms with van der Waals surface area (Å²) in [5.41, 5.74) is 8.78. The van der Waals surface area contributed by atoms with E-state index in [1.165, 1.54) is 5.69 Å². The molecule has 230 valence electrons. The lowest BCUT2D eigenvalue weighted by atomic mass is 9.78. The zero-order valence-corrected chi connectivity index (χ0v) is 27.3.